The van der Waals surface area contributed by atoms with Crippen molar-refractivity contribution in [2.24, 2.45) is 0 Å². The van der Waals surface area contributed by atoms with Crippen LogP contribution in [0.4, 0.5) is 0 Å². The molecule has 3 nitrogen and oxygen atoms in total. The van der Waals surface area contributed by atoms with Crippen LogP contribution in [0.25, 0.3) is 0 Å². The summed E-state index contributed by atoms with van der Waals surface area (Å²) in [5.74, 6) is 0. The molecule has 0 aliphatic rings. The lowest BCUT2D eigenvalue weighted by Crippen LogP contribution is -2.14. The number of nitrogens with one attached hydrogen (secondary N) is 1. The number of aryl methyl sites for hydroxylation is 1. The van der Waals surface area contributed by atoms with Crippen LogP contribution in [0.1, 0.15) is 44.9 Å². The van der Waals surface area contributed by atoms with Crippen molar-refractivity contribution < 1.29 is 4.79 Å². The van der Waals surface area contributed by atoms with Crippen LogP contribution in [0.2, 0.25) is 0 Å². The molecule has 1 N–H and O–H groups in total. The van der Waals surface area contributed by atoms with Gasteiger partial charge in [0.25, 0.3) is 0 Å². The fourth-order valence-corrected chi connectivity index (χ4v) is 1.53. The number of rotatable bonds is 4. The zero-order chi connectivity index (χ0) is 10.6. The molecule has 1 rings (SSSR count). The normalized spacial score (nSPS) is 11.6. The standard InChI is InChI=1S/C11H18N2O/c1-11(2,3)10-9(8-12-13-10)6-4-5-7-14/h7-8H,4-6H2,1-3H3,(H,12,13). The number of hydrogen-bond acceptors (Lipinski definition) is 2. The lowest BCUT2D eigenvalue weighted by molar-refractivity contribution is -0.107. The van der Waals surface area contributed by atoms with E-state index < -0.39 is 0 Å². The summed E-state index contributed by atoms with van der Waals surface area (Å²) in [6, 6.07) is 0. The second-order valence-corrected chi connectivity index (χ2v) is 4.58. The summed E-state index contributed by atoms with van der Waals surface area (Å²) >= 11 is 0. The van der Waals surface area contributed by atoms with Gasteiger partial charge in [0.2, 0.25) is 0 Å². The Hall–Kier alpha value is -1.12. The van der Waals surface area contributed by atoms with Crippen molar-refractivity contribution in [2.75, 3.05) is 0 Å². The first-order valence-corrected chi connectivity index (χ1v) is 5.02. The van der Waals surface area contributed by atoms with Gasteiger partial charge in [-0.3, -0.25) is 5.10 Å². The smallest absolute Gasteiger partial charge is 0.120 e. The number of unbranched alkanes of at least 4 members (excludes halogenated alkanes) is 1. The minimum Gasteiger partial charge on any atom is -0.303 e. The summed E-state index contributed by atoms with van der Waals surface area (Å²) in [4.78, 5) is 10.2. The molecule has 0 amide bonds. The fraction of sp³-hybridized carbons (Fsp3) is 0.636. The van der Waals surface area contributed by atoms with Crippen molar-refractivity contribution in [1.82, 2.24) is 10.2 Å². The minimum absolute atomic E-state index is 0.104. The van der Waals surface area contributed by atoms with Crippen LogP contribution >= 0.6 is 0 Å². The number of aldehydes is 1. The van der Waals surface area contributed by atoms with Gasteiger partial charge in [0.05, 0.1) is 6.20 Å². The van der Waals surface area contributed by atoms with Gasteiger partial charge in [0.1, 0.15) is 6.29 Å². The summed E-state index contributed by atoms with van der Waals surface area (Å²) in [7, 11) is 0. The molecule has 3 heteroatoms. The maximum Gasteiger partial charge on any atom is 0.120 e. The van der Waals surface area contributed by atoms with Crippen molar-refractivity contribution in [3.8, 4) is 0 Å². The Morgan fingerprint density at radius 1 is 1.50 bits per heavy atom. The molecule has 0 unspecified atom stereocenters. The van der Waals surface area contributed by atoms with Gasteiger partial charge in [-0.15, -0.1) is 0 Å². The summed E-state index contributed by atoms with van der Waals surface area (Å²) in [5, 5.41) is 7.09. The molecule has 14 heavy (non-hydrogen) atoms. The topological polar surface area (TPSA) is 45.8 Å². The van der Waals surface area contributed by atoms with Crippen LogP contribution in [0.5, 0.6) is 0 Å². The Bertz CT molecular complexity index is 296. The Morgan fingerprint density at radius 2 is 2.21 bits per heavy atom. The highest BCUT2D eigenvalue weighted by molar-refractivity contribution is 5.49. The van der Waals surface area contributed by atoms with E-state index in [2.05, 4.69) is 31.0 Å². The molecule has 0 saturated heterocycles. The Kier molecular flexibility index (Phi) is 3.44. The molecule has 0 radical (unpaired) electrons. The highest BCUT2D eigenvalue weighted by atomic mass is 16.1. The third-order valence-corrected chi connectivity index (χ3v) is 2.24. The van der Waals surface area contributed by atoms with Crippen molar-refractivity contribution in [3.63, 3.8) is 0 Å². The number of aromatic amines is 1. The summed E-state index contributed by atoms with van der Waals surface area (Å²) in [6.07, 6.45) is 5.31. The van der Waals surface area contributed by atoms with Crippen LogP contribution in [-0.2, 0) is 16.6 Å². The van der Waals surface area contributed by atoms with Crippen LogP contribution in [0.3, 0.4) is 0 Å². The molecule has 0 bridgehead atoms. The predicted octanol–water partition coefficient (Wildman–Crippen LogP) is 2.23. The SMILES string of the molecule is CC(C)(C)c1[nH]ncc1CCCC=O. The summed E-state index contributed by atoms with van der Waals surface area (Å²) in [5.41, 5.74) is 2.52. The van der Waals surface area contributed by atoms with E-state index in [-0.39, 0.29) is 5.41 Å². The maximum atomic E-state index is 10.2. The lowest BCUT2D eigenvalue weighted by atomic mass is 9.88. The molecule has 78 valence electrons. The molecule has 1 heterocycles. The Labute approximate surface area is 84.9 Å². The molecule has 0 aliphatic heterocycles. The Morgan fingerprint density at radius 3 is 2.79 bits per heavy atom. The van der Waals surface area contributed by atoms with Gasteiger partial charge in [0.15, 0.2) is 0 Å². The summed E-state index contributed by atoms with van der Waals surface area (Å²) < 4.78 is 0. The van der Waals surface area contributed by atoms with Crippen molar-refractivity contribution in [1.29, 1.82) is 0 Å². The van der Waals surface area contributed by atoms with E-state index in [0.717, 1.165) is 19.1 Å². The number of H-pyrrole nitrogens is 1. The second kappa shape index (κ2) is 4.40. The van der Waals surface area contributed by atoms with E-state index in [1.54, 1.807) is 0 Å². The molecule has 0 fully saturated rings. The van der Waals surface area contributed by atoms with Crippen LogP contribution < -0.4 is 0 Å². The van der Waals surface area contributed by atoms with Crippen LogP contribution in [-0.4, -0.2) is 16.5 Å². The molecular weight excluding hydrogens is 176 g/mol. The van der Waals surface area contributed by atoms with Gasteiger partial charge in [-0.25, -0.2) is 0 Å². The quantitative estimate of drug-likeness (QED) is 0.590. The van der Waals surface area contributed by atoms with E-state index in [1.807, 2.05) is 6.20 Å². The van der Waals surface area contributed by atoms with Gasteiger partial charge < -0.3 is 4.79 Å². The lowest BCUT2D eigenvalue weighted by Gasteiger charge is -2.18. The monoisotopic (exact) mass is 194 g/mol. The Balaban J connectivity index is 2.68. The predicted molar refractivity (Wildman–Crippen MR) is 56.3 cm³/mol. The van der Waals surface area contributed by atoms with E-state index in [4.69, 9.17) is 0 Å². The number of carbonyl (C=O) groups excluding carboxylic acids is 1. The first-order valence-electron chi connectivity index (χ1n) is 5.02. The van der Waals surface area contributed by atoms with E-state index in [1.165, 1.54) is 11.3 Å². The number of aromatic nitrogens is 2. The van der Waals surface area contributed by atoms with Crippen LogP contribution in [0, 0.1) is 0 Å². The molecule has 0 aromatic carbocycles. The highest BCUT2D eigenvalue weighted by Gasteiger charge is 2.19. The van der Waals surface area contributed by atoms with Gasteiger partial charge in [-0.1, -0.05) is 20.8 Å². The van der Waals surface area contributed by atoms with E-state index in [9.17, 15) is 4.79 Å². The molecule has 0 spiro atoms. The van der Waals surface area contributed by atoms with Crippen molar-refractivity contribution in [3.05, 3.63) is 17.5 Å². The molecule has 0 aliphatic carbocycles. The molecule has 0 saturated carbocycles. The second-order valence-electron chi connectivity index (χ2n) is 4.58. The zero-order valence-electron chi connectivity index (χ0n) is 9.13. The molecular formula is C11H18N2O. The maximum absolute atomic E-state index is 10.2. The first kappa shape index (κ1) is 11.0. The largest absolute Gasteiger partial charge is 0.303 e. The van der Waals surface area contributed by atoms with Crippen molar-refractivity contribution in [2.45, 2.75) is 45.4 Å². The van der Waals surface area contributed by atoms with E-state index in [0.29, 0.717) is 6.42 Å². The third kappa shape index (κ3) is 2.69. The summed E-state index contributed by atoms with van der Waals surface area (Å²) in [6.45, 7) is 6.47. The van der Waals surface area contributed by atoms with Gasteiger partial charge in [-0.2, -0.15) is 5.10 Å². The van der Waals surface area contributed by atoms with Gasteiger partial charge in [-0.05, 0) is 18.4 Å². The van der Waals surface area contributed by atoms with E-state index >= 15 is 0 Å². The van der Waals surface area contributed by atoms with Gasteiger partial charge in [0, 0.05) is 17.5 Å². The number of carbonyl (C=O) groups is 1. The van der Waals surface area contributed by atoms with Crippen LogP contribution in [0.15, 0.2) is 6.20 Å². The third-order valence-electron chi connectivity index (χ3n) is 2.24. The molecule has 1 aromatic heterocycles. The minimum atomic E-state index is 0.104. The molecule has 0 atom stereocenters. The number of nitrogens with zero attached hydrogens (tertiary/aromatic N) is 1. The van der Waals surface area contributed by atoms with Crippen molar-refractivity contribution >= 4 is 6.29 Å². The highest BCUT2D eigenvalue weighted by Crippen LogP contribution is 2.24. The average molecular weight is 194 g/mol. The van der Waals surface area contributed by atoms with Gasteiger partial charge >= 0.3 is 0 Å². The zero-order valence-corrected chi connectivity index (χ0v) is 9.13. The first-order chi connectivity index (χ1) is 6.55. The average Bonchev–Trinajstić information content (AvgIpc) is 2.52. The number of hydrogen-bond donors (Lipinski definition) is 1. The fourth-order valence-electron chi connectivity index (χ4n) is 1.53. The molecule has 1 aromatic rings.